The summed E-state index contributed by atoms with van der Waals surface area (Å²) in [5.74, 6) is -0.333. The highest BCUT2D eigenvalue weighted by atomic mass is 16.5. The van der Waals surface area contributed by atoms with E-state index in [1.54, 1.807) is 7.05 Å². The van der Waals surface area contributed by atoms with Crippen LogP contribution in [0.15, 0.2) is 11.6 Å². The van der Waals surface area contributed by atoms with Crippen LogP contribution >= 0.6 is 0 Å². The molecule has 0 unspecified atom stereocenters. The number of nitrogens with one attached hydrogen (secondary N) is 1. The molecule has 0 aliphatic heterocycles. The molecule has 0 aromatic carbocycles. The lowest BCUT2D eigenvalue weighted by molar-refractivity contribution is -0.136. The number of esters is 1. The maximum Gasteiger partial charge on any atom is 0.333 e. The lowest BCUT2D eigenvalue weighted by Gasteiger charge is -2.17. The second kappa shape index (κ2) is 8.75. The first-order valence-electron chi connectivity index (χ1n) is 5.79. The van der Waals surface area contributed by atoms with Crippen molar-refractivity contribution >= 4 is 11.9 Å². The molecule has 0 atom stereocenters. The van der Waals surface area contributed by atoms with Gasteiger partial charge >= 0.3 is 5.97 Å². The van der Waals surface area contributed by atoms with E-state index in [0.29, 0.717) is 25.1 Å². The molecule has 0 radical (unpaired) electrons. The van der Waals surface area contributed by atoms with E-state index in [1.165, 1.54) is 7.11 Å². The van der Waals surface area contributed by atoms with Crippen LogP contribution in [0.4, 0.5) is 0 Å². The van der Waals surface area contributed by atoms with Gasteiger partial charge in [0.1, 0.15) is 0 Å². The van der Waals surface area contributed by atoms with Crippen LogP contribution in [-0.2, 0) is 14.3 Å². The average Bonchev–Trinajstić information content (AvgIpc) is 2.36. The van der Waals surface area contributed by atoms with Crippen molar-refractivity contribution in [3.63, 3.8) is 0 Å². The van der Waals surface area contributed by atoms with Crippen LogP contribution in [0.3, 0.4) is 0 Å². The third kappa shape index (κ3) is 6.06. The molecular weight excluding hydrogens is 220 g/mol. The Labute approximate surface area is 103 Å². The van der Waals surface area contributed by atoms with Crippen LogP contribution in [0, 0.1) is 0 Å². The van der Waals surface area contributed by atoms with Crippen molar-refractivity contribution in [2.45, 2.75) is 20.3 Å². The molecule has 1 amide bonds. The van der Waals surface area contributed by atoms with E-state index in [1.807, 2.05) is 24.8 Å². The smallest absolute Gasteiger partial charge is 0.333 e. The summed E-state index contributed by atoms with van der Waals surface area (Å²) in [6.07, 6.45) is 2.45. The zero-order valence-electron chi connectivity index (χ0n) is 11.1. The summed E-state index contributed by atoms with van der Waals surface area (Å²) in [7, 11) is 2.98. The summed E-state index contributed by atoms with van der Waals surface area (Å²) in [5.41, 5.74) is 0.642. The van der Waals surface area contributed by atoms with Gasteiger partial charge in [-0.25, -0.2) is 4.79 Å². The molecule has 0 aromatic heterocycles. The molecule has 5 nitrogen and oxygen atoms in total. The van der Waals surface area contributed by atoms with Gasteiger partial charge in [0.05, 0.1) is 13.7 Å². The van der Waals surface area contributed by atoms with Crippen LogP contribution in [0.5, 0.6) is 0 Å². The van der Waals surface area contributed by atoms with E-state index >= 15 is 0 Å². The summed E-state index contributed by atoms with van der Waals surface area (Å²) in [5, 5.41) is 2.57. The molecule has 17 heavy (non-hydrogen) atoms. The highest BCUT2D eigenvalue weighted by Crippen LogP contribution is 2.03. The minimum Gasteiger partial charge on any atom is -0.466 e. The molecule has 0 heterocycles. The van der Waals surface area contributed by atoms with Gasteiger partial charge in [-0.15, -0.1) is 0 Å². The molecule has 0 aliphatic carbocycles. The van der Waals surface area contributed by atoms with Crippen molar-refractivity contribution in [2.24, 2.45) is 0 Å². The molecule has 0 saturated carbocycles. The van der Waals surface area contributed by atoms with E-state index in [4.69, 9.17) is 0 Å². The lowest BCUT2D eigenvalue weighted by atomic mass is 10.2. The predicted octanol–water partition coefficient (Wildman–Crippen LogP) is 0.564. The zero-order chi connectivity index (χ0) is 13.3. The Morgan fingerprint density at radius 3 is 2.41 bits per heavy atom. The van der Waals surface area contributed by atoms with Crippen molar-refractivity contribution in [3.8, 4) is 0 Å². The van der Waals surface area contributed by atoms with E-state index < -0.39 is 0 Å². The number of hydrogen-bond donors (Lipinski definition) is 1. The van der Waals surface area contributed by atoms with E-state index in [0.717, 1.165) is 6.54 Å². The molecule has 1 N–H and O–H groups in total. The van der Waals surface area contributed by atoms with Gasteiger partial charge in [-0.3, -0.25) is 9.69 Å². The van der Waals surface area contributed by atoms with E-state index in [9.17, 15) is 9.59 Å². The summed E-state index contributed by atoms with van der Waals surface area (Å²) in [6, 6.07) is 0. The maximum atomic E-state index is 11.3. The van der Waals surface area contributed by atoms with Crippen LogP contribution < -0.4 is 5.32 Å². The second-order valence-corrected chi connectivity index (χ2v) is 3.58. The normalized spacial score (nSPS) is 11.5. The highest BCUT2D eigenvalue weighted by molar-refractivity contribution is 5.88. The van der Waals surface area contributed by atoms with Gasteiger partial charge in [0.2, 0.25) is 5.91 Å². The fraction of sp³-hybridized carbons (Fsp3) is 0.667. The molecule has 0 aliphatic rings. The second-order valence-electron chi connectivity index (χ2n) is 3.58. The van der Waals surface area contributed by atoms with E-state index in [-0.39, 0.29) is 11.9 Å². The minimum absolute atomic E-state index is 0.0311. The molecular formula is C12H22N2O3. The van der Waals surface area contributed by atoms with Gasteiger partial charge in [-0.2, -0.15) is 0 Å². The fourth-order valence-electron chi connectivity index (χ4n) is 1.33. The number of ether oxygens (including phenoxy) is 1. The number of carbonyl (C=O) groups is 2. The Balaban J connectivity index is 4.41. The summed E-state index contributed by atoms with van der Waals surface area (Å²) < 4.78 is 4.67. The number of methoxy groups -OCH3 is 1. The van der Waals surface area contributed by atoms with Crippen molar-refractivity contribution in [2.75, 3.05) is 33.8 Å². The van der Waals surface area contributed by atoms with Crippen molar-refractivity contribution in [1.82, 2.24) is 10.2 Å². The number of hydrogen-bond acceptors (Lipinski definition) is 4. The Morgan fingerprint density at radius 1 is 1.35 bits per heavy atom. The summed E-state index contributed by atoms with van der Waals surface area (Å²) in [6.45, 7) is 5.53. The molecule has 98 valence electrons. The Bertz CT molecular complexity index is 287. The van der Waals surface area contributed by atoms with Gasteiger partial charge in [0.15, 0.2) is 0 Å². The molecule has 0 fully saturated rings. The summed E-state index contributed by atoms with van der Waals surface area (Å²) in [4.78, 5) is 24.5. The largest absolute Gasteiger partial charge is 0.466 e. The van der Waals surface area contributed by atoms with Crippen molar-refractivity contribution in [3.05, 3.63) is 11.6 Å². The highest BCUT2D eigenvalue weighted by Gasteiger charge is 2.09. The number of carbonyl (C=O) groups excluding carboxylic acids is 2. The van der Waals surface area contributed by atoms with Crippen LogP contribution in [0.25, 0.3) is 0 Å². The van der Waals surface area contributed by atoms with Crippen molar-refractivity contribution in [1.29, 1.82) is 0 Å². The molecule has 0 aromatic rings. The molecule has 0 spiro atoms. The van der Waals surface area contributed by atoms with Crippen LogP contribution in [0.1, 0.15) is 20.3 Å². The van der Waals surface area contributed by atoms with Crippen LogP contribution in [-0.4, -0.2) is 50.6 Å². The van der Waals surface area contributed by atoms with Crippen molar-refractivity contribution < 1.29 is 14.3 Å². The number of nitrogens with zero attached hydrogens (tertiary/aromatic N) is 1. The van der Waals surface area contributed by atoms with Gasteiger partial charge in [-0.05, 0) is 13.0 Å². The lowest BCUT2D eigenvalue weighted by Crippen LogP contribution is -2.35. The SMILES string of the molecule is CCC(=CCN(CC)CC(=O)NC)C(=O)OC. The van der Waals surface area contributed by atoms with Gasteiger partial charge in [-0.1, -0.05) is 19.9 Å². The third-order valence-electron chi connectivity index (χ3n) is 2.52. The van der Waals surface area contributed by atoms with Crippen LogP contribution in [0.2, 0.25) is 0 Å². The minimum atomic E-state index is -0.302. The molecule has 0 bridgehead atoms. The topological polar surface area (TPSA) is 58.6 Å². The third-order valence-corrected chi connectivity index (χ3v) is 2.52. The standard InChI is InChI=1S/C12H22N2O3/c1-5-10(12(16)17-4)7-8-14(6-2)9-11(15)13-3/h7H,5-6,8-9H2,1-4H3,(H,13,15). The molecule has 5 heteroatoms. The number of amides is 1. The van der Waals surface area contributed by atoms with E-state index in [2.05, 4.69) is 10.1 Å². The maximum absolute atomic E-state index is 11.3. The monoisotopic (exact) mass is 242 g/mol. The first kappa shape index (κ1) is 15.6. The zero-order valence-corrected chi connectivity index (χ0v) is 11.1. The Hall–Kier alpha value is -1.36. The Kier molecular flexibility index (Phi) is 8.05. The first-order valence-corrected chi connectivity index (χ1v) is 5.79. The number of likely N-dealkylation sites (N-methyl/N-ethyl adjacent to an activating group) is 2. The number of rotatable bonds is 7. The summed E-state index contributed by atoms with van der Waals surface area (Å²) >= 11 is 0. The molecule has 0 saturated heterocycles. The van der Waals surface area contributed by atoms with Gasteiger partial charge in [0, 0.05) is 19.2 Å². The fourth-order valence-corrected chi connectivity index (χ4v) is 1.33. The van der Waals surface area contributed by atoms with Gasteiger partial charge in [0.25, 0.3) is 0 Å². The predicted molar refractivity (Wildman–Crippen MR) is 66.6 cm³/mol. The molecule has 0 rings (SSSR count). The van der Waals surface area contributed by atoms with Gasteiger partial charge < -0.3 is 10.1 Å². The first-order chi connectivity index (χ1) is 8.08. The quantitative estimate of drug-likeness (QED) is 0.523. The Morgan fingerprint density at radius 2 is 2.00 bits per heavy atom. The average molecular weight is 242 g/mol.